The van der Waals surface area contributed by atoms with Gasteiger partial charge in [-0.3, -0.25) is 4.79 Å². The first-order chi connectivity index (χ1) is 14.7. The second kappa shape index (κ2) is 9.73. The van der Waals surface area contributed by atoms with Crippen LogP contribution >= 0.6 is 0 Å². The van der Waals surface area contributed by atoms with E-state index in [-0.39, 0.29) is 24.4 Å². The number of halogens is 1. The molecule has 3 aromatic rings. The smallest absolute Gasteiger partial charge is 0.408 e. The molecule has 0 saturated heterocycles. The number of hydrogen-bond acceptors (Lipinski definition) is 3. The maximum Gasteiger partial charge on any atom is 0.408 e. The minimum Gasteiger partial charge on any atom is -0.444 e. The summed E-state index contributed by atoms with van der Waals surface area (Å²) in [6.45, 7) is 5.30. The molecule has 162 valence electrons. The number of alkyl carbamates (subject to hydrolysis) is 1. The zero-order valence-corrected chi connectivity index (χ0v) is 18.2. The summed E-state index contributed by atoms with van der Waals surface area (Å²) in [7, 11) is 0. The monoisotopic (exact) mass is 421 g/mol. The fourth-order valence-corrected chi connectivity index (χ4v) is 3.49. The molecule has 1 amide bonds. The summed E-state index contributed by atoms with van der Waals surface area (Å²) in [5.74, 6) is -0.439. The predicted molar refractivity (Wildman–Crippen MR) is 121 cm³/mol. The van der Waals surface area contributed by atoms with E-state index in [1.165, 1.54) is 12.1 Å². The molecule has 0 aromatic heterocycles. The number of nitrogens with one attached hydrogen (secondary N) is 1. The number of ether oxygens (including phenoxy) is 1. The van der Waals surface area contributed by atoms with Crippen molar-refractivity contribution in [2.45, 2.75) is 51.7 Å². The van der Waals surface area contributed by atoms with Crippen molar-refractivity contribution in [3.8, 4) is 0 Å². The highest BCUT2D eigenvalue weighted by Gasteiger charge is 2.24. The summed E-state index contributed by atoms with van der Waals surface area (Å²) in [5, 5.41) is 4.95. The Morgan fingerprint density at radius 3 is 2.35 bits per heavy atom. The zero-order chi connectivity index (χ0) is 22.4. The van der Waals surface area contributed by atoms with Crippen molar-refractivity contribution in [1.29, 1.82) is 0 Å². The Labute approximate surface area is 182 Å². The average molecular weight is 422 g/mol. The van der Waals surface area contributed by atoms with Crippen LogP contribution in [0, 0.1) is 5.82 Å². The number of amides is 1. The van der Waals surface area contributed by atoms with Crippen molar-refractivity contribution >= 4 is 22.6 Å². The van der Waals surface area contributed by atoms with Gasteiger partial charge in [-0.05, 0) is 67.6 Å². The van der Waals surface area contributed by atoms with Crippen molar-refractivity contribution in [3.63, 3.8) is 0 Å². The lowest BCUT2D eigenvalue weighted by Crippen LogP contribution is -2.44. The highest BCUT2D eigenvalue weighted by molar-refractivity contribution is 5.89. The Hall–Kier alpha value is -3.21. The molecule has 1 N–H and O–H groups in total. The van der Waals surface area contributed by atoms with Crippen LogP contribution in [0.5, 0.6) is 0 Å². The first-order valence-electron chi connectivity index (χ1n) is 10.4. The van der Waals surface area contributed by atoms with E-state index in [2.05, 4.69) is 5.32 Å². The van der Waals surface area contributed by atoms with Crippen molar-refractivity contribution in [2.75, 3.05) is 0 Å². The van der Waals surface area contributed by atoms with Gasteiger partial charge in [0.2, 0.25) is 0 Å². The third kappa shape index (κ3) is 6.64. The number of carbonyl (C=O) groups excluding carboxylic acids is 2. The molecule has 0 aliphatic carbocycles. The van der Waals surface area contributed by atoms with Gasteiger partial charge in [-0.1, -0.05) is 54.6 Å². The molecule has 1 atom stereocenters. The molecule has 3 rings (SSSR count). The van der Waals surface area contributed by atoms with Crippen LogP contribution in [0.4, 0.5) is 9.18 Å². The predicted octanol–water partition coefficient (Wildman–Crippen LogP) is 5.62. The summed E-state index contributed by atoms with van der Waals surface area (Å²) in [6.07, 6.45) is 0.470. The minimum atomic E-state index is -0.754. The van der Waals surface area contributed by atoms with Gasteiger partial charge < -0.3 is 10.1 Å². The fourth-order valence-electron chi connectivity index (χ4n) is 3.49. The summed E-state index contributed by atoms with van der Waals surface area (Å²) in [4.78, 5) is 25.4. The normalized spacial score (nSPS) is 12.4. The number of hydrogen-bond donors (Lipinski definition) is 1. The van der Waals surface area contributed by atoms with E-state index in [1.807, 2.05) is 42.5 Å². The summed E-state index contributed by atoms with van der Waals surface area (Å²) in [5.41, 5.74) is 1.18. The number of Topliss-reactive ketones (excluding diaryl/α,β-unsaturated/α-hetero) is 1. The number of ketones is 1. The van der Waals surface area contributed by atoms with Crippen LogP contribution in [0.2, 0.25) is 0 Å². The molecule has 31 heavy (non-hydrogen) atoms. The zero-order valence-electron chi connectivity index (χ0n) is 18.2. The molecule has 0 fully saturated rings. The van der Waals surface area contributed by atoms with Gasteiger partial charge in [0.05, 0.1) is 6.04 Å². The van der Waals surface area contributed by atoms with Gasteiger partial charge in [0.1, 0.15) is 11.4 Å². The van der Waals surface area contributed by atoms with E-state index in [0.717, 1.165) is 21.9 Å². The van der Waals surface area contributed by atoms with E-state index in [4.69, 9.17) is 4.74 Å². The highest BCUT2D eigenvalue weighted by atomic mass is 19.1. The number of aryl methyl sites for hydroxylation is 1. The number of fused-ring (bicyclic) bond motifs is 1. The van der Waals surface area contributed by atoms with Crippen LogP contribution in [0.1, 0.15) is 38.3 Å². The second-order valence-corrected chi connectivity index (χ2v) is 8.63. The van der Waals surface area contributed by atoms with Gasteiger partial charge in [-0.15, -0.1) is 0 Å². The largest absolute Gasteiger partial charge is 0.444 e. The molecule has 0 bridgehead atoms. The van der Waals surface area contributed by atoms with Crippen LogP contribution in [0.15, 0.2) is 66.7 Å². The first-order valence-corrected chi connectivity index (χ1v) is 10.4. The maximum atomic E-state index is 13.3. The Morgan fingerprint density at radius 1 is 0.968 bits per heavy atom. The highest BCUT2D eigenvalue weighted by Crippen LogP contribution is 2.20. The van der Waals surface area contributed by atoms with Gasteiger partial charge in [0.25, 0.3) is 0 Å². The summed E-state index contributed by atoms with van der Waals surface area (Å²) in [6, 6.07) is 19.3. The molecule has 0 unspecified atom stereocenters. The first kappa shape index (κ1) is 22.5. The van der Waals surface area contributed by atoms with E-state index in [9.17, 15) is 14.0 Å². The van der Waals surface area contributed by atoms with Crippen molar-refractivity contribution in [2.24, 2.45) is 0 Å². The lowest BCUT2D eigenvalue weighted by atomic mass is 9.95. The lowest BCUT2D eigenvalue weighted by molar-refractivity contribution is -0.121. The molecule has 0 spiro atoms. The molecule has 0 aliphatic heterocycles. The molecular weight excluding hydrogens is 393 g/mol. The van der Waals surface area contributed by atoms with Gasteiger partial charge in [0, 0.05) is 6.42 Å². The van der Waals surface area contributed by atoms with Crippen molar-refractivity contribution in [3.05, 3.63) is 83.7 Å². The number of carbonyl (C=O) groups is 2. The van der Waals surface area contributed by atoms with Crippen LogP contribution in [-0.2, 0) is 22.4 Å². The molecule has 0 aliphatic rings. The molecule has 3 aromatic carbocycles. The van der Waals surface area contributed by atoms with Gasteiger partial charge in [-0.25, -0.2) is 9.18 Å². The van der Waals surface area contributed by atoms with Gasteiger partial charge >= 0.3 is 6.09 Å². The van der Waals surface area contributed by atoms with Crippen molar-refractivity contribution < 1.29 is 18.7 Å². The molecular formula is C26H28FNO3. The molecule has 0 heterocycles. The SMILES string of the molecule is CC(C)(C)OC(=O)N[C@@H](Cc1ccc(F)cc1)C(=O)CCc1cccc2ccccc12. The summed E-state index contributed by atoms with van der Waals surface area (Å²) >= 11 is 0. The molecule has 0 saturated carbocycles. The molecule has 5 heteroatoms. The van der Waals surface area contributed by atoms with Gasteiger partial charge in [0.15, 0.2) is 5.78 Å². The average Bonchev–Trinajstić information content (AvgIpc) is 2.71. The maximum absolute atomic E-state index is 13.3. The molecule has 4 nitrogen and oxygen atoms in total. The molecule has 0 radical (unpaired) electrons. The van der Waals surface area contributed by atoms with Crippen LogP contribution in [-0.4, -0.2) is 23.5 Å². The number of benzene rings is 3. The fraction of sp³-hybridized carbons (Fsp3) is 0.308. The van der Waals surface area contributed by atoms with E-state index < -0.39 is 17.7 Å². The van der Waals surface area contributed by atoms with Crippen LogP contribution < -0.4 is 5.32 Å². The van der Waals surface area contributed by atoms with Crippen molar-refractivity contribution in [1.82, 2.24) is 5.32 Å². The number of rotatable bonds is 7. The third-order valence-corrected chi connectivity index (χ3v) is 4.95. The quantitative estimate of drug-likeness (QED) is 0.539. The van der Waals surface area contributed by atoms with Crippen LogP contribution in [0.3, 0.4) is 0 Å². The minimum absolute atomic E-state index is 0.0943. The van der Waals surface area contributed by atoms with Crippen LogP contribution in [0.25, 0.3) is 10.8 Å². The topological polar surface area (TPSA) is 55.4 Å². The Balaban J connectivity index is 1.74. The van der Waals surface area contributed by atoms with E-state index in [0.29, 0.717) is 6.42 Å². The lowest BCUT2D eigenvalue weighted by Gasteiger charge is -2.23. The van der Waals surface area contributed by atoms with Gasteiger partial charge in [-0.2, -0.15) is 0 Å². The Bertz CT molecular complexity index is 1050. The third-order valence-electron chi connectivity index (χ3n) is 4.95. The Kier molecular flexibility index (Phi) is 7.06. The second-order valence-electron chi connectivity index (χ2n) is 8.63. The Morgan fingerprint density at radius 2 is 1.65 bits per heavy atom. The van der Waals surface area contributed by atoms with E-state index >= 15 is 0 Å². The summed E-state index contributed by atoms with van der Waals surface area (Å²) < 4.78 is 18.6. The van der Waals surface area contributed by atoms with E-state index in [1.54, 1.807) is 32.9 Å². The standard InChI is InChI=1S/C26H28FNO3/c1-26(2,3)31-25(30)28-23(17-18-11-14-21(27)15-12-18)24(29)16-13-20-9-6-8-19-7-4-5-10-22(19)20/h4-12,14-15,23H,13,16-17H2,1-3H3,(H,28,30)/t23-/m0/s1.